The van der Waals surface area contributed by atoms with Crippen molar-refractivity contribution in [3.8, 4) is 11.9 Å². The highest BCUT2D eigenvalue weighted by molar-refractivity contribution is 5.41. The topological polar surface area (TPSA) is 57.9 Å². The quantitative estimate of drug-likeness (QED) is 0.871. The minimum Gasteiger partial charge on any atom is -0.480 e. The van der Waals surface area contributed by atoms with Crippen LogP contribution in [0.25, 0.3) is 0 Å². The Morgan fingerprint density at radius 2 is 2.39 bits per heavy atom. The molecule has 1 aromatic rings. The van der Waals surface area contributed by atoms with Gasteiger partial charge >= 0.3 is 0 Å². The van der Waals surface area contributed by atoms with Crippen LogP contribution in [0.15, 0.2) is 12.3 Å². The normalized spacial score (nSPS) is 22.2. The van der Waals surface area contributed by atoms with Crippen LogP contribution in [0.4, 0.5) is 8.78 Å². The van der Waals surface area contributed by atoms with E-state index in [-0.39, 0.29) is 24.4 Å². The summed E-state index contributed by atoms with van der Waals surface area (Å²) in [6, 6.07) is 3.33. The van der Waals surface area contributed by atoms with Crippen LogP contribution in [0.3, 0.4) is 0 Å². The zero-order valence-corrected chi connectivity index (χ0v) is 9.91. The van der Waals surface area contributed by atoms with Gasteiger partial charge in [0, 0.05) is 25.7 Å². The average molecular weight is 253 g/mol. The summed E-state index contributed by atoms with van der Waals surface area (Å²) in [7, 11) is 1.39. The molecule has 18 heavy (non-hydrogen) atoms. The fourth-order valence-corrected chi connectivity index (χ4v) is 2.09. The standard InChI is InChI=1S/C12H13F2N3O/c1-18-11-8(5-15)4-9(6-17-11)10-7-16-3-2-12(10,13)14/h4,6,10,16H,2-3,7H2,1H3. The Bertz CT molecular complexity index is 485. The van der Waals surface area contributed by atoms with Crippen LogP contribution >= 0.6 is 0 Å². The Kier molecular flexibility index (Phi) is 3.43. The van der Waals surface area contributed by atoms with E-state index in [2.05, 4.69) is 10.3 Å². The number of ether oxygens (including phenoxy) is 1. The van der Waals surface area contributed by atoms with E-state index in [1.165, 1.54) is 19.4 Å². The summed E-state index contributed by atoms with van der Waals surface area (Å²) in [5.74, 6) is -3.56. The maximum Gasteiger partial charge on any atom is 0.257 e. The van der Waals surface area contributed by atoms with Crippen LogP contribution in [-0.4, -0.2) is 31.1 Å². The van der Waals surface area contributed by atoms with Gasteiger partial charge < -0.3 is 10.1 Å². The van der Waals surface area contributed by atoms with Crippen LogP contribution in [0.5, 0.6) is 5.88 Å². The Morgan fingerprint density at radius 1 is 1.61 bits per heavy atom. The average Bonchev–Trinajstić information content (AvgIpc) is 2.37. The Balaban J connectivity index is 2.36. The van der Waals surface area contributed by atoms with Gasteiger partial charge in [-0.15, -0.1) is 0 Å². The van der Waals surface area contributed by atoms with Crippen molar-refractivity contribution in [2.45, 2.75) is 18.3 Å². The van der Waals surface area contributed by atoms with E-state index in [0.717, 1.165) is 0 Å². The van der Waals surface area contributed by atoms with E-state index in [1.807, 2.05) is 6.07 Å². The molecule has 0 aliphatic carbocycles. The van der Waals surface area contributed by atoms with Crippen LogP contribution in [0.2, 0.25) is 0 Å². The molecule has 2 rings (SSSR count). The third kappa shape index (κ3) is 2.27. The molecule has 1 aliphatic heterocycles. The van der Waals surface area contributed by atoms with Gasteiger partial charge in [0.2, 0.25) is 5.88 Å². The van der Waals surface area contributed by atoms with Crippen LogP contribution in [0.1, 0.15) is 23.5 Å². The molecule has 96 valence electrons. The highest BCUT2D eigenvalue weighted by Gasteiger charge is 2.42. The third-order valence-corrected chi connectivity index (χ3v) is 3.08. The monoisotopic (exact) mass is 253 g/mol. The number of halogens is 2. The molecule has 1 N–H and O–H groups in total. The fraction of sp³-hybridized carbons (Fsp3) is 0.500. The summed E-state index contributed by atoms with van der Waals surface area (Å²) in [5, 5.41) is 11.9. The number of nitrogens with zero attached hydrogens (tertiary/aromatic N) is 2. The van der Waals surface area contributed by atoms with Crippen molar-refractivity contribution < 1.29 is 13.5 Å². The van der Waals surface area contributed by atoms with Crippen molar-refractivity contribution >= 4 is 0 Å². The molecule has 1 fully saturated rings. The molecule has 0 amide bonds. The van der Waals surface area contributed by atoms with Crippen LogP contribution in [0, 0.1) is 11.3 Å². The van der Waals surface area contributed by atoms with Gasteiger partial charge in [0.25, 0.3) is 5.92 Å². The maximum absolute atomic E-state index is 13.8. The molecular formula is C12H13F2N3O. The molecular weight excluding hydrogens is 240 g/mol. The molecule has 1 aliphatic rings. The van der Waals surface area contributed by atoms with E-state index in [0.29, 0.717) is 12.1 Å². The summed E-state index contributed by atoms with van der Waals surface area (Å²) in [4.78, 5) is 3.90. The van der Waals surface area contributed by atoms with Gasteiger partial charge in [-0.2, -0.15) is 5.26 Å². The summed E-state index contributed by atoms with van der Waals surface area (Å²) in [5.41, 5.74) is 0.543. The van der Waals surface area contributed by atoms with E-state index in [9.17, 15) is 8.78 Å². The summed E-state index contributed by atoms with van der Waals surface area (Å²) < 4.78 is 32.5. The zero-order valence-electron chi connectivity index (χ0n) is 9.91. The number of hydrogen-bond acceptors (Lipinski definition) is 4. The van der Waals surface area contributed by atoms with E-state index < -0.39 is 11.8 Å². The van der Waals surface area contributed by atoms with Gasteiger partial charge in [-0.25, -0.2) is 13.8 Å². The predicted molar refractivity (Wildman–Crippen MR) is 60.7 cm³/mol. The Hall–Kier alpha value is -1.74. The van der Waals surface area contributed by atoms with Gasteiger partial charge in [0.15, 0.2) is 0 Å². The lowest BCUT2D eigenvalue weighted by Crippen LogP contribution is -2.43. The van der Waals surface area contributed by atoms with Gasteiger partial charge in [-0.1, -0.05) is 0 Å². The number of alkyl halides is 2. The number of methoxy groups -OCH3 is 1. The Morgan fingerprint density at radius 3 is 3.00 bits per heavy atom. The van der Waals surface area contributed by atoms with Crippen LogP contribution in [-0.2, 0) is 0 Å². The number of hydrogen-bond donors (Lipinski definition) is 1. The smallest absolute Gasteiger partial charge is 0.257 e. The second-order valence-corrected chi connectivity index (χ2v) is 4.21. The lowest BCUT2D eigenvalue weighted by atomic mass is 9.88. The minimum atomic E-state index is -2.77. The predicted octanol–water partition coefficient (Wildman–Crippen LogP) is 1.67. The molecule has 4 nitrogen and oxygen atoms in total. The molecule has 6 heteroatoms. The SMILES string of the molecule is COc1ncc(C2CNCCC2(F)F)cc1C#N. The first-order valence-electron chi connectivity index (χ1n) is 5.61. The molecule has 1 atom stereocenters. The number of nitrogens with one attached hydrogen (secondary N) is 1. The molecule has 1 aromatic heterocycles. The molecule has 0 spiro atoms. The first-order valence-corrected chi connectivity index (χ1v) is 5.61. The van der Waals surface area contributed by atoms with E-state index in [1.54, 1.807) is 0 Å². The zero-order chi connectivity index (χ0) is 13.2. The molecule has 0 saturated carbocycles. The first-order chi connectivity index (χ1) is 8.58. The third-order valence-electron chi connectivity index (χ3n) is 3.08. The number of nitriles is 1. The molecule has 0 aromatic carbocycles. The van der Waals surface area contributed by atoms with Gasteiger partial charge in [0.1, 0.15) is 11.6 Å². The fourth-order valence-electron chi connectivity index (χ4n) is 2.09. The summed E-state index contributed by atoms with van der Waals surface area (Å²) in [6.45, 7) is 0.490. The van der Waals surface area contributed by atoms with Crippen molar-refractivity contribution in [2.75, 3.05) is 20.2 Å². The highest BCUT2D eigenvalue weighted by Crippen LogP contribution is 2.38. The van der Waals surface area contributed by atoms with E-state index >= 15 is 0 Å². The van der Waals surface area contributed by atoms with E-state index in [4.69, 9.17) is 10.00 Å². The number of pyridine rings is 1. The molecule has 0 radical (unpaired) electrons. The molecule has 1 saturated heterocycles. The van der Waals surface area contributed by atoms with Crippen LogP contribution < -0.4 is 10.1 Å². The van der Waals surface area contributed by atoms with Crippen molar-refractivity contribution in [2.24, 2.45) is 0 Å². The van der Waals surface area contributed by atoms with Gasteiger partial charge in [-0.3, -0.25) is 0 Å². The van der Waals surface area contributed by atoms with Gasteiger partial charge in [0.05, 0.1) is 13.0 Å². The van der Waals surface area contributed by atoms with Crippen molar-refractivity contribution in [3.63, 3.8) is 0 Å². The summed E-state index contributed by atoms with van der Waals surface area (Å²) in [6.07, 6.45) is 1.15. The van der Waals surface area contributed by atoms with Crippen molar-refractivity contribution in [1.82, 2.24) is 10.3 Å². The maximum atomic E-state index is 13.8. The first kappa shape index (κ1) is 12.7. The van der Waals surface area contributed by atoms with Crippen molar-refractivity contribution in [1.29, 1.82) is 5.26 Å². The minimum absolute atomic E-state index is 0.160. The van der Waals surface area contributed by atoms with Crippen molar-refractivity contribution in [3.05, 3.63) is 23.4 Å². The highest BCUT2D eigenvalue weighted by atomic mass is 19.3. The molecule has 1 unspecified atom stereocenters. The Labute approximate surface area is 104 Å². The summed E-state index contributed by atoms with van der Waals surface area (Å²) >= 11 is 0. The second-order valence-electron chi connectivity index (χ2n) is 4.21. The molecule has 0 bridgehead atoms. The number of aromatic nitrogens is 1. The number of rotatable bonds is 2. The largest absolute Gasteiger partial charge is 0.480 e. The van der Waals surface area contributed by atoms with Gasteiger partial charge in [-0.05, 0) is 11.6 Å². The second kappa shape index (κ2) is 4.86. The number of piperidine rings is 1. The molecule has 2 heterocycles. The lowest BCUT2D eigenvalue weighted by Gasteiger charge is -2.32. The lowest BCUT2D eigenvalue weighted by molar-refractivity contribution is -0.0480.